The third-order valence-electron chi connectivity index (χ3n) is 2.72. The van der Waals surface area contributed by atoms with Crippen molar-refractivity contribution in [1.82, 2.24) is 4.68 Å². The molecule has 1 aromatic carbocycles. The molecule has 1 aromatic heterocycles. The molecule has 0 atom stereocenters. The third kappa shape index (κ3) is 3.93. The van der Waals surface area contributed by atoms with Gasteiger partial charge in [0.05, 0.1) is 17.7 Å². The summed E-state index contributed by atoms with van der Waals surface area (Å²) in [6, 6.07) is 4.84. The number of nitrogens with zero attached hydrogens (tertiary/aromatic N) is 1. The van der Waals surface area contributed by atoms with Crippen molar-refractivity contribution >= 4 is 0 Å². The molecule has 0 aliphatic heterocycles. The van der Waals surface area contributed by atoms with Crippen LogP contribution in [0.15, 0.2) is 42.7 Å². The molecule has 0 amide bonds. The lowest BCUT2D eigenvalue weighted by atomic mass is 10.0. The van der Waals surface area contributed by atoms with E-state index < -0.39 is 23.5 Å². The monoisotopic (exact) mass is 308 g/mol. The number of nitrogens with one attached hydrogen (secondary N) is 1. The second kappa shape index (κ2) is 5.34. The van der Waals surface area contributed by atoms with E-state index in [9.17, 15) is 26.3 Å². The molecule has 0 spiro atoms. The second-order valence-electron chi connectivity index (χ2n) is 4.34. The SMILES string of the molecule is FC(F)(F)c1cc(CNn2cccc2)cc(C(F)(F)F)c1. The average molecular weight is 308 g/mol. The van der Waals surface area contributed by atoms with Crippen LogP contribution in [-0.2, 0) is 18.9 Å². The zero-order valence-corrected chi connectivity index (χ0v) is 10.5. The molecule has 0 aliphatic rings. The van der Waals surface area contributed by atoms with Gasteiger partial charge in [0, 0.05) is 12.4 Å². The molecule has 0 radical (unpaired) electrons. The molecule has 0 saturated carbocycles. The first-order valence-corrected chi connectivity index (χ1v) is 5.81. The summed E-state index contributed by atoms with van der Waals surface area (Å²) in [5, 5.41) is 0. The third-order valence-corrected chi connectivity index (χ3v) is 2.72. The Hall–Kier alpha value is -2.12. The minimum absolute atomic E-state index is 0.106. The highest BCUT2D eigenvalue weighted by molar-refractivity contribution is 5.34. The molecule has 1 N–H and O–H groups in total. The van der Waals surface area contributed by atoms with Gasteiger partial charge in [-0.05, 0) is 35.9 Å². The predicted octanol–water partition coefficient (Wildman–Crippen LogP) is 4.27. The van der Waals surface area contributed by atoms with E-state index in [1.807, 2.05) is 0 Å². The average Bonchev–Trinajstić information content (AvgIpc) is 2.87. The number of hydrogen-bond acceptors (Lipinski definition) is 1. The van der Waals surface area contributed by atoms with Crippen LogP contribution in [0.1, 0.15) is 16.7 Å². The van der Waals surface area contributed by atoms with Crippen molar-refractivity contribution in [2.45, 2.75) is 18.9 Å². The number of benzene rings is 1. The Kier molecular flexibility index (Phi) is 3.89. The Labute approximate surface area is 116 Å². The number of alkyl halides is 6. The maximum Gasteiger partial charge on any atom is 0.416 e. The first-order valence-electron chi connectivity index (χ1n) is 5.81. The van der Waals surface area contributed by atoms with Gasteiger partial charge in [-0.1, -0.05) is 0 Å². The molecule has 0 aliphatic carbocycles. The van der Waals surface area contributed by atoms with Crippen LogP contribution >= 0.6 is 0 Å². The normalized spacial score (nSPS) is 12.5. The molecular weight excluding hydrogens is 298 g/mol. The topological polar surface area (TPSA) is 17.0 Å². The van der Waals surface area contributed by atoms with Gasteiger partial charge in [-0.15, -0.1) is 0 Å². The fourth-order valence-corrected chi connectivity index (χ4v) is 1.74. The Morgan fingerprint density at radius 3 is 1.71 bits per heavy atom. The molecule has 0 bridgehead atoms. The van der Waals surface area contributed by atoms with Crippen LogP contribution in [0, 0.1) is 0 Å². The molecule has 1 heterocycles. The summed E-state index contributed by atoms with van der Waals surface area (Å²) in [7, 11) is 0. The zero-order valence-electron chi connectivity index (χ0n) is 10.5. The molecule has 0 unspecified atom stereocenters. The van der Waals surface area contributed by atoms with Crippen LogP contribution in [0.3, 0.4) is 0 Å². The highest BCUT2D eigenvalue weighted by atomic mass is 19.4. The Morgan fingerprint density at radius 2 is 1.29 bits per heavy atom. The van der Waals surface area contributed by atoms with Crippen LogP contribution in [0.4, 0.5) is 26.3 Å². The van der Waals surface area contributed by atoms with Crippen molar-refractivity contribution < 1.29 is 26.3 Å². The van der Waals surface area contributed by atoms with Crippen molar-refractivity contribution in [2.24, 2.45) is 0 Å². The highest BCUT2D eigenvalue weighted by Gasteiger charge is 2.36. The second-order valence-corrected chi connectivity index (χ2v) is 4.34. The minimum Gasteiger partial charge on any atom is -0.322 e. The first-order chi connectivity index (χ1) is 9.66. The Balaban J connectivity index is 2.31. The van der Waals surface area contributed by atoms with Gasteiger partial charge in [-0.3, -0.25) is 4.68 Å². The number of aromatic nitrogens is 1. The highest BCUT2D eigenvalue weighted by Crippen LogP contribution is 2.36. The van der Waals surface area contributed by atoms with Gasteiger partial charge in [0.2, 0.25) is 0 Å². The molecule has 2 nitrogen and oxygen atoms in total. The fraction of sp³-hybridized carbons (Fsp3) is 0.231. The van der Waals surface area contributed by atoms with Gasteiger partial charge in [-0.25, -0.2) is 0 Å². The maximum absolute atomic E-state index is 12.7. The van der Waals surface area contributed by atoms with Gasteiger partial charge in [0.1, 0.15) is 0 Å². The van der Waals surface area contributed by atoms with E-state index in [0.717, 1.165) is 0 Å². The predicted molar refractivity (Wildman–Crippen MR) is 63.9 cm³/mol. The van der Waals surface area contributed by atoms with Crippen LogP contribution in [0.5, 0.6) is 0 Å². The van der Waals surface area contributed by atoms with Crippen LogP contribution in [-0.4, -0.2) is 4.68 Å². The lowest BCUT2D eigenvalue weighted by Crippen LogP contribution is -2.15. The van der Waals surface area contributed by atoms with E-state index in [4.69, 9.17) is 0 Å². The summed E-state index contributed by atoms with van der Waals surface area (Å²) in [5.41, 5.74) is -0.0613. The summed E-state index contributed by atoms with van der Waals surface area (Å²) in [6.07, 6.45) is -6.50. The molecule has 8 heteroatoms. The fourth-order valence-electron chi connectivity index (χ4n) is 1.74. The van der Waals surface area contributed by atoms with Gasteiger partial charge in [-0.2, -0.15) is 26.3 Å². The number of rotatable bonds is 3. The van der Waals surface area contributed by atoms with Crippen molar-refractivity contribution in [2.75, 3.05) is 5.43 Å². The molecule has 0 saturated heterocycles. The van der Waals surface area contributed by atoms with Crippen LogP contribution in [0.2, 0.25) is 0 Å². The maximum atomic E-state index is 12.7. The molecule has 2 aromatic rings. The molecule has 114 valence electrons. The number of halogens is 6. The van der Waals surface area contributed by atoms with E-state index in [2.05, 4.69) is 5.43 Å². The van der Waals surface area contributed by atoms with Crippen LogP contribution in [0.25, 0.3) is 0 Å². The van der Waals surface area contributed by atoms with Gasteiger partial charge in [0.25, 0.3) is 0 Å². The smallest absolute Gasteiger partial charge is 0.322 e. The van der Waals surface area contributed by atoms with Crippen molar-refractivity contribution in [1.29, 1.82) is 0 Å². The molecule has 0 fully saturated rings. The number of hydrogen-bond donors (Lipinski definition) is 1. The molecule has 2 rings (SSSR count). The van der Waals surface area contributed by atoms with E-state index in [1.165, 1.54) is 4.68 Å². The summed E-state index contributed by atoms with van der Waals surface area (Å²) in [6.45, 7) is -0.165. The van der Waals surface area contributed by atoms with E-state index in [-0.39, 0.29) is 18.2 Å². The summed E-state index contributed by atoms with van der Waals surface area (Å²) in [5.74, 6) is 0. The lowest BCUT2D eigenvalue weighted by molar-refractivity contribution is -0.143. The van der Waals surface area contributed by atoms with Gasteiger partial charge >= 0.3 is 12.4 Å². The standard InChI is InChI=1S/C13H10F6N2/c14-12(15,16)10-5-9(6-11(7-10)13(17,18)19)8-20-21-3-1-2-4-21/h1-7,20H,8H2. The van der Waals surface area contributed by atoms with Crippen molar-refractivity contribution in [3.8, 4) is 0 Å². The lowest BCUT2D eigenvalue weighted by Gasteiger charge is -2.15. The van der Waals surface area contributed by atoms with Crippen LogP contribution < -0.4 is 5.43 Å². The Bertz CT molecular complexity index is 566. The minimum atomic E-state index is -4.83. The summed E-state index contributed by atoms with van der Waals surface area (Å²) < 4.78 is 77.4. The van der Waals surface area contributed by atoms with E-state index in [1.54, 1.807) is 24.5 Å². The van der Waals surface area contributed by atoms with Crippen molar-refractivity contribution in [3.63, 3.8) is 0 Å². The largest absolute Gasteiger partial charge is 0.416 e. The van der Waals surface area contributed by atoms with E-state index >= 15 is 0 Å². The van der Waals surface area contributed by atoms with Gasteiger partial charge < -0.3 is 5.43 Å². The summed E-state index contributed by atoms with van der Waals surface area (Å²) >= 11 is 0. The van der Waals surface area contributed by atoms with Gasteiger partial charge in [0.15, 0.2) is 0 Å². The van der Waals surface area contributed by atoms with E-state index in [0.29, 0.717) is 12.1 Å². The first kappa shape index (κ1) is 15.3. The molecule has 21 heavy (non-hydrogen) atoms. The molecular formula is C13H10F6N2. The quantitative estimate of drug-likeness (QED) is 0.838. The Morgan fingerprint density at radius 1 is 0.810 bits per heavy atom. The zero-order chi connectivity index (χ0) is 15.7. The summed E-state index contributed by atoms with van der Waals surface area (Å²) in [4.78, 5) is 0. The van der Waals surface area contributed by atoms with Crippen molar-refractivity contribution in [3.05, 3.63) is 59.4 Å².